The fraction of sp³-hybridized carbons (Fsp3) is 0.192. The predicted molar refractivity (Wildman–Crippen MR) is 130 cm³/mol. The Morgan fingerprint density at radius 1 is 1.05 bits per heavy atom. The third-order valence-corrected chi connectivity index (χ3v) is 5.77. The van der Waals surface area contributed by atoms with Gasteiger partial charge in [-0.1, -0.05) is 24.3 Å². The highest BCUT2D eigenvalue weighted by Gasteiger charge is 2.31. The minimum absolute atomic E-state index is 0.0382. The highest BCUT2D eigenvalue weighted by Crippen LogP contribution is 2.30. The van der Waals surface area contributed by atoms with Gasteiger partial charge in [-0.05, 0) is 47.5 Å². The fourth-order valence-electron chi connectivity index (χ4n) is 3.98. The summed E-state index contributed by atoms with van der Waals surface area (Å²) >= 11 is 0. The number of phenols is 1. The maximum absolute atomic E-state index is 13.4. The molecule has 11 nitrogen and oxygen atoms in total. The predicted octanol–water partition coefficient (Wildman–Crippen LogP) is 2.71. The van der Waals surface area contributed by atoms with Crippen LogP contribution in [0.2, 0.25) is 0 Å². The highest BCUT2D eigenvalue weighted by molar-refractivity contribution is 5.92. The number of carbonyl (C=O) groups is 3. The van der Waals surface area contributed by atoms with Gasteiger partial charge in [0, 0.05) is 12.0 Å². The molecule has 2 heterocycles. The Hall–Kier alpha value is -4.93. The molecule has 4 bridgehead atoms. The zero-order valence-corrected chi connectivity index (χ0v) is 19.7. The number of hydrogen-bond donors (Lipinski definition) is 3. The molecule has 2 aliphatic heterocycles. The Kier molecular flexibility index (Phi) is 7.33. The van der Waals surface area contributed by atoms with Crippen LogP contribution in [0.15, 0.2) is 66.7 Å². The van der Waals surface area contributed by atoms with Gasteiger partial charge in [-0.3, -0.25) is 19.7 Å². The summed E-state index contributed by atoms with van der Waals surface area (Å²) in [4.78, 5) is 50.1. The molecule has 0 saturated carbocycles. The monoisotopic (exact) mass is 505 g/mol. The minimum Gasteiger partial charge on any atom is -0.508 e. The molecular weight excluding hydrogens is 482 g/mol. The third-order valence-electron chi connectivity index (χ3n) is 5.77. The maximum Gasteiger partial charge on any atom is 0.328 e. The number of rotatable bonds is 3. The molecule has 0 radical (unpaired) electrons. The minimum atomic E-state index is -1.29. The van der Waals surface area contributed by atoms with E-state index in [-0.39, 0.29) is 35.6 Å². The molecule has 0 aliphatic carbocycles. The quantitative estimate of drug-likeness (QED) is 0.279. The number of phenolic OH excluding ortho intramolecular Hbond substituents is 1. The van der Waals surface area contributed by atoms with E-state index in [9.17, 15) is 29.6 Å². The lowest BCUT2D eigenvalue weighted by molar-refractivity contribution is -0.385. The molecule has 3 N–H and O–H groups in total. The standard InChI is InChI=1S/C26H23N3O8/c1-36-26(33)21-13-17-7-10-20(14-22(17)29(34)35)37-19-4-2-3-15(11-19)12-23(31)28-24(25(32)27-21)16-5-8-18(30)9-6-16/h2-11,14,21,24,30H,12-13H2,1H3,(H,27,32)(H,28,31)/t21-,24+/m0/s1. The van der Waals surface area contributed by atoms with E-state index in [0.717, 1.165) is 7.11 Å². The number of nitrogens with zero attached hydrogens (tertiary/aromatic N) is 1. The average molecular weight is 505 g/mol. The van der Waals surface area contributed by atoms with Crippen molar-refractivity contribution in [2.24, 2.45) is 0 Å². The molecule has 0 unspecified atom stereocenters. The van der Waals surface area contributed by atoms with Gasteiger partial charge in [0.15, 0.2) is 0 Å². The van der Waals surface area contributed by atoms with Crippen molar-refractivity contribution in [3.05, 3.63) is 93.5 Å². The molecule has 5 rings (SSSR count). The number of fused-ring (bicyclic) bond motifs is 9. The first-order chi connectivity index (χ1) is 17.7. The molecule has 2 atom stereocenters. The van der Waals surface area contributed by atoms with Crippen molar-refractivity contribution < 1.29 is 33.9 Å². The summed E-state index contributed by atoms with van der Waals surface area (Å²) in [7, 11) is 1.13. The SMILES string of the molecule is COC(=O)[C@@H]1Cc2ccc(cc2[N+](=O)[O-])Oc2cccc(c2)CC(=O)N[C@H](c2ccc(O)cc2)C(=O)N1. The lowest BCUT2D eigenvalue weighted by atomic mass is 10.0. The summed E-state index contributed by atoms with van der Waals surface area (Å²) in [5, 5.41) is 26.7. The van der Waals surface area contributed by atoms with Crippen molar-refractivity contribution >= 4 is 23.5 Å². The molecule has 3 aromatic carbocycles. The Labute approximate surface area is 211 Å². The van der Waals surface area contributed by atoms with Gasteiger partial charge >= 0.3 is 5.97 Å². The van der Waals surface area contributed by atoms with E-state index in [0.29, 0.717) is 16.9 Å². The number of ether oxygens (including phenoxy) is 2. The zero-order chi connectivity index (χ0) is 26.5. The fourth-order valence-corrected chi connectivity index (χ4v) is 3.98. The van der Waals surface area contributed by atoms with Crippen LogP contribution in [0.3, 0.4) is 0 Å². The summed E-state index contributed by atoms with van der Waals surface area (Å²) in [5.41, 5.74) is 0.790. The van der Waals surface area contributed by atoms with Crippen LogP contribution in [0.25, 0.3) is 0 Å². The number of amides is 2. The van der Waals surface area contributed by atoms with E-state index in [1.165, 1.54) is 42.5 Å². The van der Waals surface area contributed by atoms with Gasteiger partial charge in [-0.2, -0.15) is 0 Å². The largest absolute Gasteiger partial charge is 0.508 e. The summed E-state index contributed by atoms with van der Waals surface area (Å²) < 4.78 is 10.6. The first-order valence-electron chi connectivity index (χ1n) is 11.2. The van der Waals surface area contributed by atoms with Crippen LogP contribution >= 0.6 is 0 Å². The smallest absolute Gasteiger partial charge is 0.328 e. The number of esters is 1. The van der Waals surface area contributed by atoms with Gasteiger partial charge in [-0.25, -0.2) is 4.79 Å². The van der Waals surface area contributed by atoms with Crippen LogP contribution in [0.1, 0.15) is 22.7 Å². The summed E-state index contributed by atoms with van der Waals surface area (Å²) in [6, 6.07) is 14.0. The second-order valence-corrected chi connectivity index (χ2v) is 8.35. The summed E-state index contributed by atoms with van der Waals surface area (Å²) in [6.45, 7) is 0. The molecular formula is C26H23N3O8. The number of benzene rings is 3. The molecule has 0 saturated heterocycles. The van der Waals surface area contributed by atoms with E-state index in [1.54, 1.807) is 24.3 Å². The Morgan fingerprint density at radius 3 is 2.49 bits per heavy atom. The van der Waals surface area contributed by atoms with Crippen molar-refractivity contribution in [1.29, 1.82) is 0 Å². The average Bonchev–Trinajstić information content (AvgIpc) is 2.87. The second-order valence-electron chi connectivity index (χ2n) is 8.35. The first-order valence-corrected chi connectivity index (χ1v) is 11.2. The lowest BCUT2D eigenvalue weighted by Crippen LogP contribution is -2.48. The topological polar surface area (TPSA) is 157 Å². The second kappa shape index (κ2) is 10.8. The number of hydrogen-bond acceptors (Lipinski definition) is 8. The number of aromatic hydroxyl groups is 1. The molecule has 11 heteroatoms. The summed E-state index contributed by atoms with van der Waals surface area (Å²) in [6.07, 6.45) is -0.348. The van der Waals surface area contributed by atoms with Crippen LogP contribution in [-0.2, 0) is 32.0 Å². The lowest BCUT2D eigenvalue weighted by Gasteiger charge is -2.23. The van der Waals surface area contributed by atoms with Gasteiger partial charge in [-0.15, -0.1) is 0 Å². The highest BCUT2D eigenvalue weighted by atomic mass is 16.6. The number of nitro groups is 1. The number of methoxy groups -OCH3 is 1. The Balaban J connectivity index is 1.80. The normalized spacial score (nSPS) is 17.8. The van der Waals surface area contributed by atoms with Crippen molar-refractivity contribution in [1.82, 2.24) is 10.6 Å². The van der Waals surface area contributed by atoms with Crippen molar-refractivity contribution in [2.45, 2.75) is 24.9 Å². The van der Waals surface area contributed by atoms with E-state index in [2.05, 4.69) is 10.6 Å². The van der Waals surface area contributed by atoms with Gasteiger partial charge in [0.1, 0.15) is 29.3 Å². The number of nitrogens with one attached hydrogen (secondary N) is 2. The third kappa shape index (κ3) is 6.01. The molecule has 2 amide bonds. The van der Waals surface area contributed by atoms with Gasteiger partial charge in [0.05, 0.1) is 24.5 Å². The molecule has 190 valence electrons. The molecule has 0 fully saturated rings. The van der Waals surface area contributed by atoms with Crippen LogP contribution in [-0.4, -0.2) is 41.0 Å². The molecule has 2 aliphatic rings. The van der Waals surface area contributed by atoms with Gasteiger partial charge in [0.2, 0.25) is 11.8 Å². The van der Waals surface area contributed by atoms with Crippen LogP contribution in [0, 0.1) is 10.1 Å². The summed E-state index contributed by atoms with van der Waals surface area (Å²) in [5.74, 6) is -1.53. The van der Waals surface area contributed by atoms with E-state index < -0.39 is 34.8 Å². The van der Waals surface area contributed by atoms with E-state index >= 15 is 0 Å². The maximum atomic E-state index is 13.4. The van der Waals surface area contributed by atoms with Crippen LogP contribution in [0.5, 0.6) is 17.2 Å². The van der Waals surface area contributed by atoms with Gasteiger partial charge < -0.3 is 25.2 Å². The molecule has 37 heavy (non-hydrogen) atoms. The molecule has 3 aromatic rings. The molecule has 0 aromatic heterocycles. The molecule has 0 spiro atoms. The first kappa shape index (κ1) is 25.2. The number of nitro benzene ring substituents is 1. The number of carbonyl (C=O) groups excluding carboxylic acids is 3. The van der Waals surface area contributed by atoms with E-state index in [1.807, 2.05) is 0 Å². The Bertz CT molecular complexity index is 1360. The van der Waals surface area contributed by atoms with Gasteiger partial charge in [0.25, 0.3) is 5.69 Å². The van der Waals surface area contributed by atoms with Crippen molar-refractivity contribution in [2.75, 3.05) is 7.11 Å². The van der Waals surface area contributed by atoms with Crippen LogP contribution in [0.4, 0.5) is 5.69 Å². The van der Waals surface area contributed by atoms with Crippen molar-refractivity contribution in [3.8, 4) is 17.2 Å². The zero-order valence-electron chi connectivity index (χ0n) is 19.7. The van der Waals surface area contributed by atoms with Crippen LogP contribution < -0.4 is 15.4 Å². The van der Waals surface area contributed by atoms with Crippen molar-refractivity contribution in [3.63, 3.8) is 0 Å². The Morgan fingerprint density at radius 2 is 1.78 bits per heavy atom. The van der Waals surface area contributed by atoms with E-state index in [4.69, 9.17) is 9.47 Å².